The van der Waals surface area contributed by atoms with Crippen LogP contribution in [-0.2, 0) is 9.47 Å². The first-order chi connectivity index (χ1) is 8.65. The van der Waals surface area contributed by atoms with E-state index in [2.05, 4.69) is 5.32 Å². The van der Waals surface area contributed by atoms with E-state index in [1.165, 1.54) is 12.1 Å². The van der Waals surface area contributed by atoms with Crippen molar-refractivity contribution in [3.63, 3.8) is 0 Å². The molecule has 1 N–H and O–H groups in total. The molecule has 2 rings (SSSR count). The summed E-state index contributed by atoms with van der Waals surface area (Å²) >= 11 is 5.85. The summed E-state index contributed by atoms with van der Waals surface area (Å²) in [4.78, 5) is 0. The average molecular weight is 274 g/mol. The van der Waals surface area contributed by atoms with Crippen LogP contribution in [-0.4, -0.2) is 32.0 Å². The van der Waals surface area contributed by atoms with Gasteiger partial charge in [-0.1, -0.05) is 11.6 Å². The first-order valence-corrected chi connectivity index (χ1v) is 6.39. The number of ether oxygens (including phenoxy) is 2. The first-order valence-electron chi connectivity index (χ1n) is 6.01. The molecule has 1 aliphatic carbocycles. The molecule has 0 saturated heterocycles. The van der Waals surface area contributed by atoms with Crippen molar-refractivity contribution in [1.82, 2.24) is 0 Å². The third kappa shape index (κ3) is 2.76. The summed E-state index contributed by atoms with van der Waals surface area (Å²) in [5.74, 6) is -0.311. The highest BCUT2D eigenvalue weighted by Gasteiger charge is 2.42. The smallest absolute Gasteiger partial charge is 0.146 e. The van der Waals surface area contributed by atoms with Gasteiger partial charge in [0.2, 0.25) is 0 Å². The fourth-order valence-corrected chi connectivity index (χ4v) is 2.40. The molecule has 0 amide bonds. The Hall–Kier alpha value is -0.840. The monoisotopic (exact) mass is 273 g/mol. The van der Waals surface area contributed by atoms with Gasteiger partial charge in [0.05, 0.1) is 17.8 Å². The molecule has 1 aromatic rings. The van der Waals surface area contributed by atoms with Gasteiger partial charge in [-0.05, 0) is 31.5 Å². The lowest BCUT2D eigenvalue weighted by atomic mass is 9.85. The topological polar surface area (TPSA) is 30.5 Å². The third-order valence-corrected chi connectivity index (χ3v) is 3.41. The van der Waals surface area contributed by atoms with E-state index in [4.69, 9.17) is 21.1 Å². The zero-order valence-corrected chi connectivity index (χ0v) is 11.2. The summed E-state index contributed by atoms with van der Waals surface area (Å²) in [6.45, 7) is 2.60. The fourth-order valence-electron chi connectivity index (χ4n) is 2.22. The minimum atomic E-state index is -0.311. The van der Waals surface area contributed by atoms with E-state index in [9.17, 15) is 4.39 Å². The van der Waals surface area contributed by atoms with Gasteiger partial charge < -0.3 is 14.8 Å². The van der Waals surface area contributed by atoms with Gasteiger partial charge in [-0.25, -0.2) is 4.39 Å². The largest absolute Gasteiger partial charge is 0.377 e. The maximum absolute atomic E-state index is 13.6. The molecule has 0 aliphatic heterocycles. The number of hydrogen-bond donors (Lipinski definition) is 1. The quantitative estimate of drug-likeness (QED) is 0.894. The molecule has 5 heteroatoms. The highest BCUT2D eigenvalue weighted by molar-refractivity contribution is 6.30. The number of anilines is 1. The van der Waals surface area contributed by atoms with Crippen LogP contribution in [0.3, 0.4) is 0 Å². The lowest BCUT2D eigenvalue weighted by molar-refractivity contribution is -0.118. The van der Waals surface area contributed by atoms with Gasteiger partial charge >= 0.3 is 0 Å². The van der Waals surface area contributed by atoms with Crippen LogP contribution in [0.2, 0.25) is 5.02 Å². The molecule has 1 aliphatic rings. The molecule has 3 atom stereocenters. The predicted molar refractivity (Wildman–Crippen MR) is 69.6 cm³/mol. The van der Waals surface area contributed by atoms with Crippen molar-refractivity contribution < 1.29 is 13.9 Å². The Morgan fingerprint density at radius 1 is 1.50 bits per heavy atom. The molecule has 18 heavy (non-hydrogen) atoms. The number of hydrogen-bond acceptors (Lipinski definition) is 3. The number of nitrogens with one attached hydrogen (secondary N) is 1. The third-order valence-electron chi connectivity index (χ3n) is 3.17. The second-order valence-corrected chi connectivity index (χ2v) is 4.74. The van der Waals surface area contributed by atoms with E-state index in [-0.39, 0.29) is 24.1 Å². The standard InChI is InChI=1S/C13H17ClFNO2/c1-3-18-12-7-11(13(12)17-2)16-10-6-8(14)4-5-9(10)15/h4-6,11-13,16H,3,7H2,1-2H3. The highest BCUT2D eigenvalue weighted by Crippen LogP contribution is 2.31. The molecule has 0 radical (unpaired) electrons. The Morgan fingerprint density at radius 2 is 2.28 bits per heavy atom. The summed E-state index contributed by atoms with van der Waals surface area (Å²) in [5.41, 5.74) is 0.407. The number of methoxy groups -OCH3 is 1. The van der Waals surface area contributed by atoms with Crippen LogP contribution in [0.4, 0.5) is 10.1 Å². The van der Waals surface area contributed by atoms with E-state index in [1.807, 2.05) is 6.92 Å². The summed E-state index contributed by atoms with van der Waals surface area (Å²) < 4.78 is 24.5. The molecule has 1 saturated carbocycles. The number of halogens is 2. The second-order valence-electron chi connectivity index (χ2n) is 4.30. The van der Waals surface area contributed by atoms with Gasteiger partial charge in [0.25, 0.3) is 0 Å². The molecule has 3 unspecified atom stereocenters. The van der Waals surface area contributed by atoms with E-state index >= 15 is 0 Å². The van der Waals surface area contributed by atoms with Crippen LogP contribution in [0.5, 0.6) is 0 Å². The highest BCUT2D eigenvalue weighted by atomic mass is 35.5. The maximum Gasteiger partial charge on any atom is 0.146 e. The van der Waals surface area contributed by atoms with Gasteiger partial charge in [-0.3, -0.25) is 0 Å². The van der Waals surface area contributed by atoms with Crippen molar-refractivity contribution in [2.75, 3.05) is 19.0 Å². The maximum atomic E-state index is 13.6. The van der Waals surface area contributed by atoms with E-state index in [0.29, 0.717) is 17.3 Å². The molecule has 0 heterocycles. The van der Waals surface area contributed by atoms with Crippen molar-refractivity contribution in [2.45, 2.75) is 31.6 Å². The molecular formula is C13H17ClFNO2. The molecular weight excluding hydrogens is 257 g/mol. The minimum Gasteiger partial charge on any atom is -0.377 e. The summed E-state index contributed by atoms with van der Waals surface area (Å²) in [6, 6.07) is 4.52. The van der Waals surface area contributed by atoms with Crippen LogP contribution >= 0.6 is 11.6 Å². The molecule has 0 aromatic heterocycles. The zero-order chi connectivity index (χ0) is 13.1. The van der Waals surface area contributed by atoms with Crippen LogP contribution in [0, 0.1) is 5.82 Å². The first kappa shape index (κ1) is 13.6. The lowest BCUT2D eigenvalue weighted by Crippen LogP contribution is -2.56. The van der Waals surface area contributed by atoms with Gasteiger partial charge in [0, 0.05) is 18.7 Å². The van der Waals surface area contributed by atoms with Crippen molar-refractivity contribution >= 4 is 17.3 Å². The molecule has 3 nitrogen and oxygen atoms in total. The Labute approximate surface area is 111 Å². The Kier molecular flexibility index (Phi) is 4.43. The van der Waals surface area contributed by atoms with Crippen LogP contribution in [0.1, 0.15) is 13.3 Å². The van der Waals surface area contributed by atoms with Gasteiger partial charge in [0.1, 0.15) is 11.9 Å². The average Bonchev–Trinajstić information content (AvgIpc) is 2.32. The Balaban J connectivity index is 2.00. The Morgan fingerprint density at radius 3 is 2.94 bits per heavy atom. The van der Waals surface area contributed by atoms with E-state index in [1.54, 1.807) is 13.2 Å². The molecule has 0 bridgehead atoms. The van der Waals surface area contributed by atoms with Crippen LogP contribution < -0.4 is 5.32 Å². The zero-order valence-electron chi connectivity index (χ0n) is 10.5. The number of rotatable bonds is 5. The van der Waals surface area contributed by atoms with Gasteiger partial charge in [-0.15, -0.1) is 0 Å². The Bertz CT molecular complexity index is 416. The van der Waals surface area contributed by atoms with Crippen molar-refractivity contribution in [2.24, 2.45) is 0 Å². The predicted octanol–water partition coefficient (Wildman–Crippen LogP) is 3.08. The van der Waals surface area contributed by atoms with Crippen molar-refractivity contribution in [1.29, 1.82) is 0 Å². The van der Waals surface area contributed by atoms with Crippen molar-refractivity contribution in [3.05, 3.63) is 29.0 Å². The molecule has 0 spiro atoms. The molecule has 100 valence electrons. The lowest BCUT2D eigenvalue weighted by Gasteiger charge is -2.43. The van der Waals surface area contributed by atoms with Gasteiger partial charge in [-0.2, -0.15) is 0 Å². The summed E-state index contributed by atoms with van der Waals surface area (Å²) in [5, 5.41) is 3.62. The summed E-state index contributed by atoms with van der Waals surface area (Å²) in [6.07, 6.45) is 0.834. The van der Waals surface area contributed by atoms with Gasteiger partial charge in [0.15, 0.2) is 0 Å². The molecule has 1 fully saturated rings. The fraction of sp³-hybridized carbons (Fsp3) is 0.538. The number of benzene rings is 1. The van der Waals surface area contributed by atoms with Crippen LogP contribution in [0.15, 0.2) is 18.2 Å². The normalized spacial score (nSPS) is 26.8. The van der Waals surface area contributed by atoms with Crippen molar-refractivity contribution in [3.8, 4) is 0 Å². The molecule has 1 aromatic carbocycles. The van der Waals surface area contributed by atoms with Crippen LogP contribution in [0.25, 0.3) is 0 Å². The van der Waals surface area contributed by atoms with E-state index in [0.717, 1.165) is 6.42 Å². The summed E-state index contributed by atoms with van der Waals surface area (Å²) in [7, 11) is 1.64. The van der Waals surface area contributed by atoms with E-state index < -0.39 is 0 Å². The SMILES string of the molecule is CCOC1CC(Nc2cc(Cl)ccc2F)C1OC. The minimum absolute atomic E-state index is 0.0525. The second kappa shape index (κ2) is 5.87.